The van der Waals surface area contributed by atoms with Crippen LogP contribution in [-0.4, -0.2) is 44.0 Å². The summed E-state index contributed by atoms with van der Waals surface area (Å²) in [5, 5.41) is 17.3. The maximum absolute atomic E-state index is 13.6. The third-order valence-corrected chi connectivity index (χ3v) is 3.00. The normalized spacial score (nSPS) is 11.0. The standard InChI is InChI=1S/C14H18BF5O5/c16-9-10(17)12(19)14(13(20)11(9)18)25-15(23-7-3-1-5-21)24-8-4-2-6-22/h21-22H,1-8H2. The predicted octanol–water partition coefficient (Wildman–Crippen LogP) is 2.32. The molecule has 25 heavy (non-hydrogen) atoms. The van der Waals surface area contributed by atoms with Gasteiger partial charge in [0, 0.05) is 26.4 Å². The lowest BCUT2D eigenvalue weighted by Gasteiger charge is -2.16. The molecule has 0 heterocycles. The molecule has 0 aliphatic heterocycles. The molecule has 0 bridgehead atoms. The Hall–Kier alpha value is -1.43. The quantitative estimate of drug-likeness (QED) is 0.194. The summed E-state index contributed by atoms with van der Waals surface area (Å²) >= 11 is 0. The molecule has 0 aliphatic carbocycles. The van der Waals surface area contributed by atoms with Crippen molar-refractivity contribution in [1.82, 2.24) is 0 Å². The van der Waals surface area contributed by atoms with Gasteiger partial charge >= 0.3 is 7.32 Å². The number of aliphatic hydroxyl groups excluding tert-OH is 2. The minimum absolute atomic E-state index is 0.0410. The zero-order valence-corrected chi connectivity index (χ0v) is 13.2. The fourth-order valence-corrected chi connectivity index (χ4v) is 1.69. The van der Waals surface area contributed by atoms with E-state index in [0.717, 1.165) is 0 Å². The van der Waals surface area contributed by atoms with Crippen LogP contribution in [0, 0.1) is 29.1 Å². The third kappa shape index (κ3) is 6.42. The summed E-state index contributed by atoms with van der Waals surface area (Å²) in [4.78, 5) is 0. The number of hydrogen-bond donors (Lipinski definition) is 2. The van der Waals surface area contributed by atoms with Crippen LogP contribution >= 0.6 is 0 Å². The first-order valence-corrected chi connectivity index (χ1v) is 7.57. The van der Waals surface area contributed by atoms with Gasteiger partial charge in [-0.3, -0.25) is 0 Å². The van der Waals surface area contributed by atoms with E-state index in [-0.39, 0.29) is 26.4 Å². The first kappa shape index (κ1) is 21.6. The number of benzene rings is 1. The van der Waals surface area contributed by atoms with Gasteiger partial charge in [-0.2, -0.15) is 8.78 Å². The molecule has 1 rings (SSSR count). The average Bonchev–Trinajstić information content (AvgIpc) is 2.61. The molecule has 142 valence electrons. The van der Waals surface area contributed by atoms with E-state index in [0.29, 0.717) is 25.7 Å². The second kappa shape index (κ2) is 11.2. The van der Waals surface area contributed by atoms with Crippen LogP contribution < -0.4 is 4.65 Å². The first-order valence-electron chi connectivity index (χ1n) is 7.57. The van der Waals surface area contributed by atoms with Gasteiger partial charge in [0.05, 0.1) is 0 Å². The van der Waals surface area contributed by atoms with Crippen molar-refractivity contribution >= 4 is 7.32 Å². The van der Waals surface area contributed by atoms with Gasteiger partial charge in [0.15, 0.2) is 5.75 Å². The predicted molar refractivity (Wildman–Crippen MR) is 77.2 cm³/mol. The Balaban J connectivity index is 2.84. The minimum atomic E-state index is -2.30. The van der Waals surface area contributed by atoms with Crippen LogP contribution in [0.2, 0.25) is 0 Å². The molecule has 0 aromatic heterocycles. The van der Waals surface area contributed by atoms with E-state index in [2.05, 4.69) is 4.65 Å². The van der Waals surface area contributed by atoms with Crippen LogP contribution in [0.5, 0.6) is 5.75 Å². The van der Waals surface area contributed by atoms with E-state index < -0.39 is 42.2 Å². The Bertz CT molecular complexity index is 508. The topological polar surface area (TPSA) is 68.2 Å². The summed E-state index contributed by atoms with van der Waals surface area (Å²) in [6.07, 6.45) is 1.46. The van der Waals surface area contributed by atoms with Crippen molar-refractivity contribution in [3.63, 3.8) is 0 Å². The van der Waals surface area contributed by atoms with Gasteiger partial charge in [-0.1, -0.05) is 0 Å². The van der Waals surface area contributed by atoms with E-state index in [1.165, 1.54) is 0 Å². The molecule has 0 fully saturated rings. The lowest BCUT2D eigenvalue weighted by molar-refractivity contribution is 0.126. The van der Waals surface area contributed by atoms with Crippen molar-refractivity contribution < 1.29 is 46.1 Å². The summed E-state index contributed by atoms with van der Waals surface area (Å²) in [5.74, 6) is -12.4. The van der Waals surface area contributed by atoms with E-state index >= 15 is 0 Å². The van der Waals surface area contributed by atoms with E-state index in [9.17, 15) is 22.0 Å². The highest BCUT2D eigenvalue weighted by Crippen LogP contribution is 2.29. The molecule has 0 radical (unpaired) electrons. The molecule has 5 nitrogen and oxygen atoms in total. The zero-order chi connectivity index (χ0) is 18.8. The largest absolute Gasteiger partial charge is 0.713 e. The van der Waals surface area contributed by atoms with Gasteiger partial charge in [0.1, 0.15) is 0 Å². The maximum Gasteiger partial charge on any atom is 0.713 e. The zero-order valence-electron chi connectivity index (χ0n) is 13.2. The minimum Gasteiger partial charge on any atom is -0.507 e. The molecule has 0 aliphatic rings. The molecule has 0 atom stereocenters. The molecule has 2 N–H and O–H groups in total. The third-order valence-electron chi connectivity index (χ3n) is 3.00. The van der Waals surface area contributed by atoms with E-state index in [1.54, 1.807) is 0 Å². The number of rotatable bonds is 12. The van der Waals surface area contributed by atoms with Crippen LogP contribution in [0.3, 0.4) is 0 Å². The average molecular weight is 372 g/mol. The van der Waals surface area contributed by atoms with Gasteiger partial charge in [-0.25, -0.2) is 13.2 Å². The second-order valence-electron chi connectivity index (χ2n) is 4.91. The molecule has 11 heteroatoms. The van der Waals surface area contributed by atoms with Crippen LogP contribution in [0.4, 0.5) is 22.0 Å². The molecular weight excluding hydrogens is 354 g/mol. The van der Waals surface area contributed by atoms with Crippen molar-refractivity contribution in [3.8, 4) is 5.75 Å². The molecular formula is C14H18BF5O5. The van der Waals surface area contributed by atoms with Crippen molar-refractivity contribution in [2.75, 3.05) is 26.4 Å². The fraction of sp³-hybridized carbons (Fsp3) is 0.571. The lowest BCUT2D eigenvalue weighted by Crippen LogP contribution is -2.32. The maximum atomic E-state index is 13.6. The Kier molecular flexibility index (Phi) is 9.72. The SMILES string of the molecule is OCCCCOB(OCCCCO)Oc1c(F)c(F)c(F)c(F)c1F. The summed E-state index contributed by atoms with van der Waals surface area (Å²) in [6, 6.07) is 0. The lowest BCUT2D eigenvalue weighted by atomic mass is 10.2. The van der Waals surface area contributed by atoms with Crippen molar-refractivity contribution in [2.24, 2.45) is 0 Å². The van der Waals surface area contributed by atoms with Gasteiger partial charge in [0.2, 0.25) is 29.1 Å². The molecule has 0 saturated heterocycles. The highest BCUT2D eigenvalue weighted by Gasteiger charge is 2.32. The van der Waals surface area contributed by atoms with Crippen molar-refractivity contribution in [1.29, 1.82) is 0 Å². The van der Waals surface area contributed by atoms with E-state index in [1.807, 2.05) is 0 Å². The summed E-state index contributed by atoms with van der Waals surface area (Å²) in [6.45, 7) is -0.297. The Morgan fingerprint density at radius 3 is 1.44 bits per heavy atom. The number of halogens is 5. The fourth-order valence-electron chi connectivity index (χ4n) is 1.69. The van der Waals surface area contributed by atoms with Gasteiger partial charge in [0.25, 0.3) is 0 Å². The number of hydrogen-bond acceptors (Lipinski definition) is 5. The molecule has 0 amide bonds. The molecule has 1 aromatic carbocycles. The van der Waals surface area contributed by atoms with Gasteiger partial charge in [-0.05, 0) is 25.7 Å². The monoisotopic (exact) mass is 372 g/mol. The number of unbranched alkanes of at least 4 members (excludes halogenated alkanes) is 2. The van der Waals surface area contributed by atoms with Crippen LogP contribution in [0.1, 0.15) is 25.7 Å². The summed E-state index contributed by atoms with van der Waals surface area (Å²) in [7, 11) is -1.72. The smallest absolute Gasteiger partial charge is 0.507 e. The summed E-state index contributed by atoms with van der Waals surface area (Å²) in [5.41, 5.74) is 0. The van der Waals surface area contributed by atoms with Crippen LogP contribution in [0.25, 0.3) is 0 Å². The highest BCUT2D eigenvalue weighted by atomic mass is 19.2. The van der Waals surface area contributed by atoms with Gasteiger partial charge < -0.3 is 24.2 Å². The first-order chi connectivity index (χ1) is 11.9. The molecule has 0 unspecified atom stereocenters. The second-order valence-corrected chi connectivity index (χ2v) is 4.91. The van der Waals surface area contributed by atoms with E-state index in [4.69, 9.17) is 19.5 Å². The molecule has 0 spiro atoms. The Morgan fingerprint density at radius 2 is 1.04 bits per heavy atom. The van der Waals surface area contributed by atoms with Crippen molar-refractivity contribution in [2.45, 2.75) is 25.7 Å². The molecule has 0 saturated carbocycles. The number of aliphatic hydroxyl groups is 2. The van der Waals surface area contributed by atoms with Crippen LogP contribution in [-0.2, 0) is 9.31 Å². The van der Waals surface area contributed by atoms with Gasteiger partial charge in [-0.15, -0.1) is 0 Å². The highest BCUT2D eigenvalue weighted by molar-refractivity contribution is 6.37. The molecule has 1 aromatic rings. The Morgan fingerprint density at radius 1 is 0.640 bits per heavy atom. The van der Waals surface area contributed by atoms with Crippen LogP contribution in [0.15, 0.2) is 0 Å². The summed E-state index contributed by atoms with van der Waals surface area (Å²) < 4.78 is 81.4. The van der Waals surface area contributed by atoms with Crippen molar-refractivity contribution in [3.05, 3.63) is 29.1 Å². The Labute approximate surface area is 141 Å².